The summed E-state index contributed by atoms with van der Waals surface area (Å²) >= 11 is 1.25. The van der Waals surface area contributed by atoms with Crippen molar-refractivity contribution in [1.82, 2.24) is 4.98 Å². The van der Waals surface area contributed by atoms with Crippen LogP contribution in [0.25, 0.3) is 11.3 Å². The van der Waals surface area contributed by atoms with Gasteiger partial charge in [0.25, 0.3) is 15.9 Å². The number of rotatable bonds is 7. The number of sulfonamides is 1. The van der Waals surface area contributed by atoms with Gasteiger partial charge in [0, 0.05) is 22.2 Å². The molecular formula is C24H19N3O5S2. The molecule has 0 spiro atoms. The Hall–Kier alpha value is -4.02. The van der Waals surface area contributed by atoms with Crippen molar-refractivity contribution < 1.29 is 22.7 Å². The molecule has 2 N–H and O–H groups in total. The normalized spacial score (nSPS) is 11.0. The van der Waals surface area contributed by atoms with Gasteiger partial charge in [-0.25, -0.2) is 18.2 Å². The van der Waals surface area contributed by atoms with Crippen LogP contribution < -0.4 is 10.0 Å². The summed E-state index contributed by atoms with van der Waals surface area (Å²) in [6.07, 6.45) is 0. The van der Waals surface area contributed by atoms with E-state index in [2.05, 4.69) is 15.0 Å². The molecule has 0 aliphatic carbocycles. The van der Waals surface area contributed by atoms with E-state index >= 15 is 0 Å². The zero-order valence-corrected chi connectivity index (χ0v) is 19.5. The molecule has 1 aromatic heterocycles. The molecule has 0 unspecified atom stereocenters. The summed E-state index contributed by atoms with van der Waals surface area (Å²) in [6, 6.07) is 20.9. The van der Waals surface area contributed by atoms with Gasteiger partial charge in [-0.05, 0) is 42.5 Å². The molecule has 0 saturated carbocycles. The van der Waals surface area contributed by atoms with Gasteiger partial charge in [0.2, 0.25) is 0 Å². The molecule has 0 aliphatic heterocycles. The molecule has 10 heteroatoms. The molecule has 1 heterocycles. The average molecular weight is 494 g/mol. The van der Waals surface area contributed by atoms with Gasteiger partial charge in [-0.2, -0.15) is 0 Å². The number of nitrogens with zero attached hydrogens (tertiary/aromatic N) is 1. The van der Waals surface area contributed by atoms with Gasteiger partial charge in [0.15, 0.2) is 5.13 Å². The number of aromatic nitrogens is 1. The van der Waals surface area contributed by atoms with Crippen LogP contribution in [0.5, 0.6) is 0 Å². The van der Waals surface area contributed by atoms with Crippen molar-refractivity contribution in [3.8, 4) is 11.3 Å². The van der Waals surface area contributed by atoms with Crippen molar-refractivity contribution in [1.29, 1.82) is 0 Å². The lowest BCUT2D eigenvalue weighted by Gasteiger charge is -2.09. The van der Waals surface area contributed by atoms with Crippen LogP contribution >= 0.6 is 11.3 Å². The fraction of sp³-hybridized carbons (Fsp3) is 0.0417. The van der Waals surface area contributed by atoms with E-state index in [1.54, 1.807) is 66.0 Å². The molecule has 0 fully saturated rings. The van der Waals surface area contributed by atoms with Crippen molar-refractivity contribution >= 4 is 44.1 Å². The number of carbonyl (C=O) groups is 2. The van der Waals surface area contributed by atoms with Gasteiger partial charge < -0.3 is 4.74 Å². The second-order valence-electron chi connectivity index (χ2n) is 7.06. The summed E-state index contributed by atoms with van der Waals surface area (Å²) < 4.78 is 32.3. The minimum atomic E-state index is -3.77. The lowest BCUT2D eigenvalue weighted by molar-refractivity contribution is 0.0600. The number of methoxy groups -OCH3 is 1. The lowest BCUT2D eigenvalue weighted by Crippen LogP contribution is -2.15. The number of nitrogens with one attached hydrogen (secondary N) is 2. The molecule has 4 rings (SSSR count). The van der Waals surface area contributed by atoms with E-state index in [1.807, 2.05) is 0 Å². The first-order valence-corrected chi connectivity index (χ1v) is 12.4. The van der Waals surface area contributed by atoms with Gasteiger partial charge >= 0.3 is 5.97 Å². The molecule has 1 amide bonds. The number of esters is 1. The van der Waals surface area contributed by atoms with E-state index in [4.69, 9.17) is 4.74 Å². The molecule has 4 aromatic rings. The van der Waals surface area contributed by atoms with Crippen LogP contribution in [0, 0.1) is 0 Å². The zero-order valence-electron chi connectivity index (χ0n) is 17.9. The van der Waals surface area contributed by atoms with E-state index in [1.165, 1.54) is 36.6 Å². The highest BCUT2D eigenvalue weighted by Gasteiger charge is 2.16. The predicted octanol–water partition coefficient (Wildman–Crippen LogP) is 4.65. The molecule has 8 nitrogen and oxygen atoms in total. The van der Waals surface area contributed by atoms with Crippen LogP contribution in [0.2, 0.25) is 0 Å². The smallest absolute Gasteiger partial charge is 0.337 e. The SMILES string of the molecule is COC(=O)c1ccc(-c2csc(NC(=O)c3cccc(NS(=O)(=O)c4ccccc4)c3)n2)cc1. The van der Waals surface area contributed by atoms with Gasteiger partial charge in [-0.1, -0.05) is 36.4 Å². The molecule has 0 radical (unpaired) electrons. The largest absolute Gasteiger partial charge is 0.465 e. The minimum absolute atomic E-state index is 0.125. The van der Waals surface area contributed by atoms with Crippen LogP contribution in [-0.4, -0.2) is 32.4 Å². The van der Waals surface area contributed by atoms with Gasteiger partial charge in [-0.15, -0.1) is 11.3 Å². The van der Waals surface area contributed by atoms with Crippen molar-refractivity contribution in [2.75, 3.05) is 17.1 Å². The summed E-state index contributed by atoms with van der Waals surface area (Å²) in [7, 11) is -2.45. The first-order valence-electron chi connectivity index (χ1n) is 9.99. The Morgan fingerprint density at radius 2 is 1.65 bits per heavy atom. The van der Waals surface area contributed by atoms with E-state index in [0.717, 1.165) is 5.56 Å². The second kappa shape index (κ2) is 9.86. The Labute approximate surface area is 200 Å². The molecule has 172 valence electrons. The lowest BCUT2D eigenvalue weighted by atomic mass is 10.1. The summed E-state index contributed by atoms with van der Waals surface area (Å²) in [6.45, 7) is 0. The maximum absolute atomic E-state index is 12.7. The third-order valence-corrected chi connectivity index (χ3v) is 6.91. The van der Waals surface area contributed by atoms with Crippen molar-refractivity contribution in [3.63, 3.8) is 0 Å². The van der Waals surface area contributed by atoms with E-state index in [0.29, 0.717) is 16.4 Å². The topological polar surface area (TPSA) is 114 Å². The first-order chi connectivity index (χ1) is 16.4. The third kappa shape index (κ3) is 5.30. The molecule has 3 aromatic carbocycles. The fourth-order valence-corrected chi connectivity index (χ4v) is 4.85. The fourth-order valence-electron chi connectivity index (χ4n) is 3.07. The highest BCUT2D eigenvalue weighted by atomic mass is 32.2. The van der Waals surface area contributed by atoms with Crippen LogP contribution in [-0.2, 0) is 14.8 Å². The third-order valence-electron chi connectivity index (χ3n) is 4.76. The molecule has 0 aliphatic rings. The summed E-state index contributed by atoms with van der Waals surface area (Å²) in [5.74, 6) is -0.853. The Balaban J connectivity index is 1.46. The number of thiazole rings is 1. The molecule has 0 atom stereocenters. The Morgan fingerprint density at radius 3 is 2.35 bits per heavy atom. The van der Waals surface area contributed by atoms with E-state index < -0.39 is 21.9 Å². The maximum atomic E-state index is 12.7. The monoisotopic (exact) mass is 493 g/mol. The van der Waals surface area contributed by atoms with E-state index in [9.17, 15) is 18.0 Å². The average Bonchev–Trinajstić information content (AvgIpc) is 3.32. The molecule has 0 bridgehead atoms. The molecule has 34 heavy (non-hydrogen) atoms. The van der Waals surface area contributed by atoms with E-state index in [-0.39, 0.29) is 16.1 Å². The van der Waals surface area contributed by atoms with Crippen LogP contribution in [0.1, 0.15) is 20.7 Å². The number of benzene rings is 3. The van der Waals surface area contributed by atoms with Crippen LogP contribution in [0.4, 0.5) is 10.8 Å². The van der Waals surface area contributed by atoms with Crippen molar-refractivity contribution in [2.24, 2.45) is 0 Å². The predicted molar refractivity (Wildman–Crippen MR) is 131 cm³/mol. The van der Waals surface area contributed by atoms with Crippen molar-refractivity contribution in [3.05, 3.63) is 95.4 Å². The number of carbonyl (C=O) groups excluding carboxylic acids is 2. The Bertz CT molecular complexity index is 1430. The maximum Gasteiger partial charge on any atom is 0.337 e. The first kappa shape index (κ1) is 23.1. The van der Waals surface area contributed by atoms with Crippen molar-refractivity contribution in [2.45, 2.75) is 4.90 Å². The van der Waals surface area contributed by atoms with Gasteiger partial charge in [0.05, 0.1) is 23.3 Å². The Kier molecular flexibility index (Phi) is 6.71. The summed E-state index contributed by atoms with van der Waals surface area (Å²) in [4.78, 5) is 28.8. The number of anilines is 2. The summed E-state index contributed by atoms with van der Waals surface area (Å²) in [5, 5.41) is 4.89. The van der Waals surface area contributed by atoms with Crippen LogP contribution in [0.3, 0.4) is 0 Å². The summed E-state index contributed by atoms with van der Waals surface area (Å²) in [5.41, 5.74) is 2.38. The Morgan fingerprint density at radius 1 is 0.912 bits per heavy atom. The van der Waals surface area contributed by atoms with Gasteiger partial charge in [0.1, 0.15) is 0 Å². The minimum Gasteiger partial charge on any atom is -0.465 e. The van der Waals surface area contributed by atoms with Gasteiger partial charge in [-0.3, -0.25) is 14.8 Å². The number of hydrogen-bond donors (Lipinski definition) is 2. The van der Waals surface area contributed by atoms with Crippen LogP contribution in [0.15, 0.2) is 89.1 Å². The zero-order chi connectivity index (χ0) is 24.1. The number of ether oxygens (including phenoxy) is 1. The highest BCUT2D eigenvalue weighted by Crippen LogP contribution is 2.26. The highest BCUT2D eigenvalue weighted by molar-refractivity contribution is 7.92. The standard InChI is InChI=1S/C24H19N3O5S2/c1-32-23(29)17-12-10-16(11-13-17)21-15-33-24(25-21)26-22(28)18-6-5-7-19(14-18)27-34(30,31)20-8-3-2-4-9-20/h2-15,27H,1H3,(H,25,26,28). The quantitative estimate of drug-likeness (QED) is 0.362. The number of hydrogen-bond acceptors (Lipinski definition) is 7. The second-order valence-corrected chi connectivity index (χ2v) is 9.60. The molecular weight excluding hydrogens is 474 g/mol. The molecule has 0 saturated heterocycles. The number of amides is 1.